The van der Waals surface area contributed by atoms with Crippen LogP contribution in [-0.2, 0) is 11.2 Å². The van der Waals surface area contributed by atoms with E-state index in [1.165, 1.54) is 7.11 Å². The van der Waals surface area contributed by atoms with Crippen LogP contribution in [0.25, 0.3) is 0 Å². The smallest absolute Gasteiger partial charge is 0.224 e. The molecule has 0 aliphatic heterocycles. The quantitative estimate of drug-likeness (QED) is 0.917. The Hall–Kier alpha value is -0.930. The van der Waals surface area contributed by atoms with Gasteiger partial charge in [0, 0.05) is 17.1 Å². The lowest BCUT2D eigenvalue weighted by Crippen LogP contribution is -2.31. The summed E-state index contributed by atoms with van der Waals surface area (Å²) in [6, 6.07) is 3.37. The largest absolute Gasteiger partial charge is 0.495 e. The lowest BCUT2D eigenvalue weighted by atomic mass is 10.1. The number of methoxy groups -OCH3 is 1. The van der Waals surface area contributed by atoms with Gasteiger partial charge in [0.2, 0.25) is 5.91 Å². The van der Waals surface area contributed by atoms with Crippen molar-refractivity contribution < 1.29 is 9.53 Å². The summed E-state index contributed by atoms with van der Waals surface area (Å²) >= 11 is 12.0. The third-order valence-electron chi connectivity index (χ3n) is 2.12. The zero-order valence-corrected chi connectivity index (χ0v) is 11.5. The van der Waals surface area contributed by atoms with E-state index in [4.69, 9.17) is 27.9 Å². The summed E-state index contributed by atoms with van der Waals surface area (Å²) in [5, 5.41) is 3.72. The molecule has 0 aliphatic rings. The Morgan fingerprint density at radius 3 is 2.53 bits per heavy atom. The molecular formula is C12H15Cl2NO2. The fourth-order valence-electron chi connectivity index (χ4n) is 1.41. The van der Waals surface area contributed by atoms with Crippen molar-refractivity contribution in [3.8, 4) is 5.75 Å². The monoisotopic (exact) mass is 275 g/mol. The Bertz CT molecular complexity index is 419. The molecule has 0 heterocycles. The minimum Gasteiger partial charge on any atom is -0.495 e. The Morgan fingerprint density at radius 1 is 1.35 bits per heavy atom. The first kappa shape index (κ1) is 14.1. The number of carbonyl (C=O) groups is 1. The van der Waals surface area contributed by atoms with Gasteiger partial charge in [-0.05, 0) is 25.5 Å². The van der Waals surface area contributed by atoms with Crippen LogP contribution in [0.4, 0.5) is 0 Å². The van der Waals surface area contributed by atoms with Crippen LogP contribution in [0.2, 0.25) is 10.0 Å². The van der Waals surface area contributed by atoms with E-state index in [0.717, 1.165) is 0 Å². The van der Waals surface area contributed by atoms with Crippen LogP contribution in [-0.4, -0.2) is 19.1 Å². The van der Waals surface area contributed by atoms with Crippen molar-refractivity contribution in [2.24, 2.45) is 0 Å². The Morgan fingerprint density at radius 2 is 2.00 bits per heavy atom. The maximum atomic E-state index is 11.6. The normalized spacial score (nSPS) is 10.5. The van der Waals surface area contributed by atoms with Crippen molar-refractivity contribution in [1.29, 1.82) is 0 Å². The lowest BCUT2D eigenvalue weighted by Gasteiger charge is -2.11. The highest BCUT2D eigenvalue weighted by atomic mass is 35.5. The molecule has 1 amide bonds. The van der Waals surface area contributed by atoms with E-state index in [1.807, 2.05) is 13.8 Å². The summed E-state index contributed by atoms with van der Waals surface area (Å²) in [4.78, 5) is 11.6. The number of carbonyl (C=O) groups excluding carboxylic acids is 1. The van der Waals surface area contributed by atoms with Gasteiger partial charge in [0.15, 0.2) is 0 Å². The summed E-state index contributed by atoms with van der Waals surface area (Å²) < 4.78 is 5.03. The number of nitrogens with one attached hydrogen (secondary N) is 1. The minimum atomic E-state index is -0.0804. The van der Waals surface area contributed by atoms with Gasteiger partial charge in [-0.1, -0.05) is 23.2 Å². The number of benzene rings is 1. The van der Waals surface area contributed by atoms with Gasteiger partial charge >= 0.3 is 0 Å². The lowest BCUT2D eigenvalue weighted by molar-refractivity contribution is -0.120. The first-order valence-electron chi connectivity index (χ1n) is 5.25. The van der Waals surface area contributed by atoms with E-state index in [1.54, 1.807) is 12.1 Å². The van der Waals surface area contributed by atoms with Crippen LogP contribution in [0.15, 0.2) is 12.1 Å². The van der Waals surface area contributed by atoms with Gasteiger partial charge in [0.1, 0.15) is 5.75 Å². The van der Waals surface area contributed by atoms with Crippen LogP contribution < -0.4 is 10.1 Å². The van der Waals surface area contributed by atoms with E-state index in [0.29, 0.717) is 21.4 Å². The van der Waals surface area contributed by atoms with Gasteiger partial charge in [0.05, 0.1) is 18.6 Å². The summed E-state index contributed by atoms with van der Waals surface area (Å²) in [6.45, 7) is 3.81. The molecule has 0 saturated heterocycles. The second-order valence-corrected chi connectivity index (χ2v) is 4.79. The van der Waals surface area contributed by atoms with Gasteiger partial charge in [-0.3, -0.25) is 4.79 Å². The number of rotatable bonds is 4. The van der Waals surface area contributed by atoms with Crippen LogP contribution in [0.1, 0.15) is 19.4 Å². The summed E-state index contributed by atoms with van der Waals surface area (Å²) in [6.07, 6.45) is 0.209. The van der Waals surface area contributed by atoms with Crippen molar-refractivity contribution >= 4 is 29.1 Å². The van der Waals surface area contributed by atoms with Gasteiger partial charge in [-0.2, -0.15) is 0 Å². The van der Waals surface area contributed by atoms with E-state index < -0.39 is 0 Å². The molecule has 1 aromatic rings. The Balaban J connectivity index is 2.85. The second-order valence-electron chi connectivity index (χ2n) is 3.98. The molecule has 94 valence electrons. The highest BCUT2D eigenvalue weighted by Gasteiger charge is 2.11. The van der Waals surface area contributed by atoms with Crippen molar-refractivity contribution in [3.05, 3.63) is 27.7 Å². The molecule has 1 N–H and O–H groups in total. The van der Waals surface area contributed by atoms with Crippen molar-refractivity contribution in [3.63, 3.8) is 0 Å². The number of hydrogen-bond acceptors (Lipinski definition) is 2. The number of halogens is 2. The molecule has 17 heavy (non-hydrogen) atoms. The maximum Gasteiger partial charge on any atom is 0.224 e. The van der Waals surface area contributed by atoms with E-state index in [2.05, 4.69) is 5.32 Å². The topological polar surface area (TPSA) is 38.3 Å². The van der Waals surface area contributed by atoms with Crippen LogP contribution in [0.3, 0.4) is 0 Å². The minimum absolute atomic E-state index is 0.0804. The van der Waals surface area contributed by atoms with Crippen LogP contribution in [0, 0.1) is 0 Å². The molecule has 0 spiro atoms. The Labute approximate surface area is 111 Å². The predicted molar refractivity (Wildman–Crippen MR) is 70.0 cm³/mol. The highest BCUT2D eigenvalue weighted by Crippen LogP contribution is 2.31. The molecule has 0 radical (unpaired) electrons. The molecule has 0 saturated carbocycles. The first-order chi connectivity index (χ1) is 7.93. The van der Waals surface area contributed by atoms with Gasteiger partial charge in [-0.25, -0.2) is 0 Å². The molecule has 0 aliphatic carbocycles. The number of hydrogen-bond donors (Lipinski definition) is 1. The fraction of sp³-hybridized carbons (Fsp3) is 0.417. The van der Waals surface area contributed by atoms with Crippen LogP contribution in [0.5, 0.6) is 5.75 Å². The van der Waals surface area contributed by atoms with Gasteiger partial charge < -0.3 is 10.1 Å². The van der Waals surface area contributed by atoms with E-state index in [9.17, 15) is 4.79 Å². The zero-order chi connectivity index (χ0) is 13.0. The number of amides is 1. The average molecular weight is 276 g/mol. The molecule has 3 nitrogen and oxygen atoms in total. The molecule has 1 rings (SSSR count). The number of ether oxygens (including phenoxy) is 1. The first-order valence-corrected chi connectivity index (χ1v) is 6.01. The average Bonchev–Trinajstić information content (AvgIpc) is 2.21. The summed E-state index contributed by atoms with van der Waals surface area (Å²) in [5.41, 5.74) is 0.690. The molecule has 0 atom stereocenters. The summed E-state index contributed by atoms with van der Waals surface area (Å²) in [5.74, 6) is 0.424. The van der Waals surface area contributed by atoms with Crippen molar-refractivity contribution in [1.82, 2.24) is 5.32 Å². The molecule has 1 aromatic carbocycles. The molecule has 0 bridgehead atoms. The SMILES string of the molecule is COc1cc(Cl)c(CC(=O)NC(C)C)cc1Cl. The fourth-order valence-corrected chi connectivity index (χ4v) is 1.89. The summed E-state index contributed by atoms with van der Waals surface area (Å²) in [7, 11) is 1.52. The Kier molecular flexibility index (Phi) is 5.09. The van der Waals surface area contributed by atoms with Crippen molar-refractivity contribution in [2.75, 3.05) is 7.11 Å². The van der Waals surface area contributed by atoms with Crippen molar-refractivity contribution in [2.45, 2.75) is 26.3 Å². The molecule has 5 heteroatoms. The van der Waals surface area contributed by atoms with Gasteiger partial charge in [0.25, 0.3) is 0 Å². The maximum absolute atomic E-state index is 11.6. The highest BCUT2D eigenvalue weighted by molar-refractivity contribution is 6.34. The molecule has 0 unspecified atom stereocenters. The standard InChI is InChI=1S/C12H15Cl2NO2/c1-7(2)15-12(16)5-8-4-10(14)11(17-3)6-9(8)13/h4,6-7H,5H2,1-3H3,(H,15,16). The molecule has 0 aromatic heterocycles. The van der Waals surface area contributed by atoms with E-state index in [-0.39, 0.29) is 18.4 Å². The van der Waals surface area contributed by atoms with Crippen LogP contribution >= 0.6 is 23.2 Å². The molecular weight excluding hydrogens is 261 g/mol. The third-order valence-corrected chi connectivity index (χ3v) is 2.77. The van der Waals surface area contributed by atoms with E-state index >= 15 is 0 Å². The predicted octanol–water partition coefficient (Wildman–Crippen LogP) is 3.07. The van der Waals surface area contributed by atoms with Gasteiger partial charge in [-0.15, -0.1) is 0 Å². The molecule has 0 fully saturated rings. The second kappa shape index (κ2) is 6.12. The zero-order valence-electron chi connectivity index (χ0n) is 10.0. The third kappa shape index (κ3) is 4.10.